The second-order valence-corrected chi connectivity index (χ2v) is 5.79. The monoisotopic (exact) mass is 279 g/mol. The Kier molecular flexibility index (Phi) is 3.22. The first-order valence-electron chi connectivity index (χ1n) is 5.73. The Morgan fingerprint density at radius 3 is 2.75 bits per heavy atom. The first kappa shape index (κ1) is 11.9. The predicted molar refractivity (Wildman–Crippen MR) is 73.4 cm³/mol. The van der Waals surface area contributed by atoms with Gasteiger partial charge in [-0.15, -0.1) is 0 Å². The van der Waals surface area contributed by atoms with Crippen LogP contribution in [0.3, 0.4) is 0 Å². The highest BCUT2D eigenvalue weighted by molar-refractivity contribution is 9.10. The molecule has 0 bridgehead atoms. The lowest BCUT2D eigenvalue weighted by Gasteiger charge is -2.26. The molecule has 1 aromatic carbocycles. The predicted octanol–water partition coefficient (Wildman–Crippen LogP) is 4.08. The van der Waals surface area contributed by atoms with E-state index in [1.807, 2.05) is 0 Å². The number of rotatable bonds is 2. The maximum atomic E-state index is 4.02. The normalized spacial score (nSPS) is 24.7. The molecule has 0 aliphatic carbocycles. The standard InChI is InChI=1S/C14H18BrN/c1-10(2)11-7-12(9-13(15)8-11)14(3)5-4-6-16-14/h7-9,16H,1,4-6H2,2-3H3. The molecule has 1 aromatic rings. The molecular formula is C14H18BrN. The molecule has 0 saturated carbocycles. The maximum absolute atomic E-state index is 4.02. The Morgan fingerprint density at radius 2 is 2.19 bits per heavy atom. The summed E-state index contributed by atoms with van der Waals surface area (Å²) < 4.78 is 1.14. The number of hydrogen-bond donors (Lipinski definition) is 1. The van der Waals surface area contributed by atoms with E-state index in [1.54, 1.807) is 0 Å². The smallest absolute Gasteiger partial charge is 0.0407 e. The fraction of sp³-hybridized carbons (Fsp3) is 0.429. The zero-order valence-corrected chi connectivity index (χ0v) is 11.5. The summed E-state index contributed by atoms with van der Waals surface area (Å²) in [6.07, 6.45) is 2.46. The number of benzene rings is 1. The van der Waals surface area contributed by atoms with E-state index in [0.717, 1.165) is 16.6 Å². The van der Waals surface area contributed by atoms with E-state index >= 15 is 0 Å². The molecule has 2 heteroatoms. The van der Waals surface area contributed by atoms with Crippen LogP contribution in [0.4, 0.5) is 0 Å². The quantitative estimate of drug-likeness (QED) is 0.860. The number of allylic oxidation sites excluding steroid dienone is 1. The second kappa shape index (κ2) is 4.34. The SMILES string of the molecule is C=C(C)c1cc(Br)cc(C2(C)CCCN2)c1. The van der Waals surface area contributed by atoms with Gasteiger partial charge >= 0.3 is 0 Å². The van der Waals surface area contributed by atoms with Crippen molar-refractivity contribution >= 4 is 21.5 Å². The third-order valence-corrected chi connectivity index (χ3v) is 3.85. The van der Waals surface area contributed by atoms with Gasteiger partial charge in [-0.2, -0.15) is 0 Å². The summed E-state index contributed by atoms with van der Waals surface area (Å²) in [4.78, 5) is 0. The zero-order valence-electron chi connectivity index (χ0n) is 9.94. The molecule has 16 heavy (non-hydrogen) atoms. The largest absolute Gasteiger partial charge is 0.308 e. The molecule has 1 N–H and O–H groups in total. The Bertz CT molecular complexity index is 417. The van der Waals surface area contributed by atoms with Gasteiger partial charge in [0.1, 0.15) is 0 Å². The minimum absolute atomic E-state index is 0.133. The van der Waals surface area contributed by atoms with Crippen LogP contribution in [0.5, 0.6) is 0 Å². The second-order valence-electron chi connectivity index (χ2n) is 4.87. The van der Waals surface area contributed by atoms with Gasteiger partial charge in [-0.3, -0.25) is 0 Å². The number of hydrogen-bond acceptors (Lipinski definition) is 1. The molecule has 0 radical (unpaired) electrons. The zero-order chi connectivity index (χ0) is 11.8. The molecule has 86 valence electrons. The van der Waals surface area contributed by atoms with Crippen molar-refractivity contribution in [2.75, 3.05) is 6.54 Å². The van der Waals surface area contributed by atoms with Gasteiger partial charge in [0.25, 0.3) is 0 Å². The summed E-state index contributed by atoms with van der Waals surface area (Å²) in [5, 5.41) is 3.59. The van der Waals surface area contributed by atoms with Crippen molar-refractivity contribution in [3.63, 3.8) is 0 Å². The molecule has 1 aliphatic rings. The number of halogens is 1. The van der Waals surface area contributed by atoms with Crippen molar-refractivity contribution in [2.45, 2.75) is 32.2 Å². The van der Waals surface area contributed by atoms with Crippen LogP contribution in [-0.2, 0) is 5.54 Å². The average molecular weight is 280 g/mol. The molecule has 0 aromatic heterocycles. The molecule has 1 unspecified atom stereocenters. The van der Waals surface area contributed by atoms with E-state index in [-0.39, 0.29) is 5.54 Å². The van der Waals surface area contributed by atoms with Crippen LogP contribution in [0.25, 0.3) is 5.57 Å². The summed E-state index contributed by atoms with van der Waals surface area (Å²) in [6, 6.07) is 6.60. The van der Waals surface area contributed by atoms with E-state index < -0.39 is 0 Å². The Morgan fingerprint density at radius 1 is 1.44 bits per heavy atom. The van der Waals surface area contributed by atoms with E-state index in [1.165, 1.54) is 24.0 Å². The van der Waals surface area contributed by atoms with Crippen molar-refractivity contribution in [2.24, 2.45) is 0 Å². The Hall–Kier alpha value is -0.600. The maximum Gasteiger partial charge on any atom is 0.0407 e. The van der Waals surface area contributed by atoms with E-state index in [9.17, 15) is 0 Å². The first-order valence-corrected chi connectivity index (χ1v) is 6.52. The molecular weight excluding hydrogens is 262 g/mol. The summed E-state index contributed by atoms with van der Waals surface area (Å²) in [5.41, 5.74) is 3.83. The molecule has 1 fully saturated rings. The van der Waals surface area contributed by atoms with Gasteiger partial charge < -0.3 is 5.32 Å². The van der Waals surface area contributed by atoms with Gasteiger partial charge in [0.15, 0.2) is 0 Å². The summed E-state index contributed by atoms with van der Waals surface area (Å²) in [6.45, 7) is 9.47. The minimum Gasteiger partial charge on any atom is -0.308 e. The van der Waals surface area contributed by atoms with Crippen LogP contribution in [0.2, 0.25) is 0 Å². The van der Waals surface area contributed by atoms with Gasteiger partial charge in [0.05, 0.1) is 0 Å². The number of nitrogens with one attached hydrogen (secondary N) is 1. The van der Waals surface area contributed by atoms with Crippen LogP contribution in [0.15, 0.2) is 29.3 Å². The average Bonchev–Trinajstić information content (AvgIpc) is 2.65. The van der Waals surface area contributed by atoms with Crippen molar-refractivity contribution in [3.05, 3.63) is 40.4 Å². The van der Waals surface area contributed by atoms with Gasteiger partial charge in [0.2, 0.25) is 0 Å². The molecule has 0 spiro atoms. The van der Waals surface area contributed by atoms with Gasteiger partial charge in [-0.25, -0.2) is 0 Å². The fourth-order valence-corrected chi connectivity index (χ4v) is 2.79. The summed E-state index contributed by atoms with van der Waals surface area (Å²) >= 11 is 3.58. The first-order chi connectivity index (χ1) is 7.51. The highest BCUT2D eigenvalue weighted by atomic mass is 79.9. The fourth-order valence-electron chi connectivity index (χ4n) is 2.30. The molecule has 1 saturated heterocycles. The summed E-state index contributed by atoms with van der Waals surface area (Å²) in [7, 11) is 0. The molecule has 0 amide bonds. The molecule has 1 atom stereocenters. The third kappa shape index (κ3) is 2.23. The van der Waals surface area contributed by atoms with E-state index in [2.05, 4.69) is 59.9 Å². The highest BCUT2D eigenvalue weighted by Gasteiger charge is 2.30. The van der Waals surface area contributed by atoms with Gasteiger partial charge in [0, 0.05) is 10.0 Å². The third-order valence-electron chi connectivity index (χ3n) is 3.40. The Balaban J connectivity index is 2.44. The molecule has 1 heterocycles. The summed E-state index contributed by atoms with van der Waals surface area (Å²) in [5.74, 6) is 0. The van der Waals surface area contributed by atoms with Crippen molar-refractivity contribution in [1.82, 2.24) is 5.32 Å². The van der Waals surface area contributed by atoms with Crippen LogP contribution < -0.4 is 5.32 Å². The van der Waals surface area contributed by atoms with Crippen LogP contribution in [0.1, 0.15) is 37.8 Å². The highest BCUT2D eigenvalue weighted by Crippen LogP contribution is 2.33. The van der Waals surface area contributed by atoms with Gasteiger partial charge in [-0.1, -0.05) is 28.1 Å². The van der Waals surface area contributed by atoms with Crippen molar-refractivity contribution in [3.8, 4) is 0 Å². The molecule has 1 aliphatic heterocycles. The lowest BCUT2D eigenvalue weighted by molar-refractivity contribution is 0.434. The van der Waals surface area contributed by atoms with Crippen molar-refractivity contribution < 1.29 is 0 Å². The Labute approximate surface area is 106 Å². The lowest BCUT2D eigenvalue weighted by Crippen LogP contribution is -2.33. The molecule has 2 rings (SSSR count). The lowest BCUT2D eigenvalue weighted by atomic mass is 9.89. The van der Waals surface area contributed by atoms with E-state index in [0.29, 0.717) is 0 Å². The topological polar surface area (TPSA) is 12.0 Å². The van der Waals surface area contributed by atoms with Crippen LogP contribution >= 0.6 is 15.9 Å². The van der Waals surface area contributed by atoms with E-state index in [4.69, 9.17) is 0 Å². The molecule has 1 nitrogen and oxygen atoms in total. The minimum atomic E-state index is 0.133. The van der Waals surface area contributed by atoms with Crippen molar-refractivity contribution in [1.29, 1.82) is 0 Å². The van der Waals surface area contributed by atoms with Gasteiger partial charge in [-0.05, 0) is 62.6 Å². The van der Waals surface area contributed by atoms with Crippen LogP contribution in [0, 0.1) is 0 Å². The van der Waals surface area contributed by atoms with Crippen LogP contribution in [-0.4, -0.2) is 6.54 Å².